The average molecular weight is 620 g/mol. The van der Waals surface area contributed by atoms with E-state index in [1.54, 1.807) is 43.3 Å². The first kappa shape index (κ1) is 31.5. The summed E-state index contributed by atoms with van der Waals surface area (Å²) in [5.74, 6) is -2.86. The third kappa shape index (κ3) is 6.05. The summed E-state index contributed by atoms with van der Waals surface area (Å²) in [6.07, 6.45) is 1.49. The molecule has 0 spiro atoms. The molecule has 0 aliphatic heterocycles. The van der Waals surface area contributed by atoms with Crippen LogP contribution in [0.3, 0.4) is 0 Å². The Morgan fingerprint density at radius 2 is 1.62 bits per heavy atom. The van der Waals surface area contributed by atoms with E-state index in [1.165, 1.54) is 36.1 Å². The van der Waals surface area contributed by atoms with Gasteiger partial charge in [0.05, 0.1) is 30.7 Å². The van der Waals surface area contributed by atoms with Gasteiger partial charge in [-0.05, 0) is 62.5 Å². The minimum atomic E-state index is -1.05. The summed E-state index contributed by atoms with van der Waals surface area (Å²) in [6.45, 7) is 1.47. The molecule has 0 bridgehead atoms. The quantitative estimate of drug-likeness (QED) is 0.211. The Kier molecular flexibility index (Phi) is 9.05. The lowest BCUT2D eigenvalue weighted by atomic mass is 10.1. The van der Waals surface area contributed by atoms with Gasteiger partial charge < -0.3 is 9.64 Å². The van der Waals surface area contributed by atoms with Crippen LogP contribution < -0.4 is 16.0 Å². The molecule has 0 amide bonds. The van der Waals surface area contributed by atoms with Crippen molar-refractivity contribution in [3.05, 3.63) is 116 Å². The molecule has 5 aromatic rings. The molecule has 2 aromatic heterocycles. The van der Waals surface area contributed by atoms with Gasteiger partial charge in [0.2, 0.25) is 0 Å². The SMILES string of the molecule is CCCC(=O)Cc1ccc(-n2nc3c(c2CN(C)C)c(=O)n(-c2cccc(OC)c2F)c(=O)n3Cc2c(F)cccc2F)cc1. The van der Waals surface area contributed by atoms with E-state index in [4.69, 9.17) is 4.74 Å². The fourth-order valence-corrected chi connectivity index (χ4v) is 5.29. The van der Waals surface area contributed by atoms with Gasteiger partial charge in [0.15, 0.2) is 17.2 Å². The van der Waals surface area contributed by atoms with E-state index in [0.717, 1.165) is 28.7 Å². The highest BCUT2D eigenvalue weighted by Gasteiger charge is 2.27. The number of benzene rings is 3. The normalized spacial score (nSPS) is 11.5. The lowest BCUT2D eigenvalue weighted by Crippen LogP contribution is -2.40. The van der Waals surface area contributed by atoms with E-state index >= 15 is 4.39 Å². The van der Waals surface area contributed by atoms with Crippen LogP contribution in [-0.4, -0.2) is 50.8 Å². The molecule has 234 valence electrons. The predicted octanol–water partition coefficient (Wildman–Crippen LogP) is 4.79. The number of ether oxygens (including phenoxy) is 1. The number of carbonyl (C=O) groups excluding carboxylic acids is 1. The van der Waals surface area contributed by atoms with E-state index in [9.17, 15) is 23.2 Å². The van der Waals surface area contributed by atoms with Crippen molar-refractivity contribution in [2.45, 2.75) is 39.3 Å². The van der Waals surface area contributed by atoms with Crippen molar-refractivity contribution in [1.29, 1.82) is 0 Å². The highest BCUT2D eigenvalue weighted by Crippen LogP contribution is 2.25. The first-order chi connectivity index (χ1) is 21.5. The molecule has 45 heavy (non-hydrogen) atoms. The smallest absolute Gasteiger partial charge is 0.337 e. The molecular weight excluding hydrogens is 587 g/mol. The van der Waals surface area contributed by atoms with Crippen LogP contribution >= 0.6 is 0 Å². The van der Waals surface area contributed by atoms with E-state index in [1.807, 2.05) is 6.92 Å². The molecule has 0 atom stereocenters. The first-order valence-electron chi connectivity index (χ1n) is 14.3. The third-order valence-electron chi connectivity index (χ3n) is 7.42. The van der Waals surface area contributed by atoms with Gasteiger partial charge in [0, 0.05) is 24.9 Å². The summed E-state index contributed by atoms with van der Waals surface area (Å²) in [7, 11) is 4.80. The van der Waals surface area contributed by atoms with Gasteiger partial charge in [-0.2, -0.15) is 0 Å². The van der Waals surface area contributed by atoms with Crippen molar-refractivity contribution in [2.75, 3.05) is 21.2 Å². The lowest BCUT2D eigenvalue weighted by molar-refractivity contribution is -0.118. The number of methoxy groups -OCH3 is 1. The number of carbonyl (C=O) groups is 1. The van der Waals surface area contributed by atoms with Gasteiger partial charge in [-0.25, -0.2) is 27.2 Å². The number of ketones is 1. The van der Waals surface area contributed by atoms with Crippen LogP contribution in [0, 0.1) is 17.5 Å². The second-order valence-electron chi connectivity index (χ2n) is 10.9. The minimum Gasteiger partial charge on any atom is -0.494 e. The average Bonchev–Trinajstić information content (AvgIpc) is 3.36. The Bertz CT molecular complexity index is 1990. The molecule has 12 heteroatoms. The van der Waals surface area contributed by atoms with Crippen LogP contribution in [0.4, 0.5) is 13.2 Å². The number of halogens is 3. The van der Waals surface area contributed by atoms with Crippen LogP contribution in [0.2, 0.25) is 0 Å². The maximum absolute atomic E-state index is 15.6. The summed E-state index contributed by atoms with van der Waals surface area (Å²) in [5, 5.41) is 4.60. The summed E-state index contributed by atoms with van der Waals surface area (Å²) < 4.78 is 53.5. The highest BCUT2D eigenvalue weighted by atomic mass is 19.1. The molecular formula is C33H32F3N5O4. The molecule has 0 unspecified atom stereocenters. The van der Waals surface area contributed by atoms with E-state index in [0.29, 0.717) is 22.4 Å². The van der Waals surface area contributed by atoms with Crippen LogP contribution in [0.25, 0.3) is 22.4 Å². The molecule has 0 saturated carbocycles. The van der Waals surface area contributed by atoms with E-state index in [2.05, 4.69) is 5.10 Å². The fourth-order valence-electron chi connectivity index (χ4n) is 5.29. The number of hydrogen-bond donors (Lipinski definition) is 0. The Morgan fingerprint density at radius 1 is 0.956 bits per heavy atom. The maximum atomic E-state index is 15.6. The van der Waals surface area contributed by atoms with Crippen molar-refractivity contribution in [3.8, 4) is 17.1 Å². The fraction of sp³-hybridized carbons (Fsp3) is 0.273. The number of fused-ring (bicyclic) bond motifs is 1. The van der Waals surface area contributed by atoms with Crippen molar-refractivity contribution in [3.63, 3.8) is 0 Å². The van der Waals surface area contributed by atoms with Crippen LogP contribution in [-0.2, 0) is 24.3 Å². The standard InChI is InChI=1S/C33H32F3N5O4/c1-5-8-22(42)17-20-13-15-21(16-14-20)41-27(19-38(2)3)29-31(37-41)39(18-23-24(34)9-6-10-25(23)35)33(44)40(32(29)43)26-11-7-12-28(45-4)30(26)36/h6-7,9-16H,5,8,17-19H2,1-4H3. The van der Waals surface area contributed by atoms with Crippen molar-refractivity contribution in [1.82, 2.24) is 23.8 Å². The Hall–Kier alpha value is -4.97. The number of Topliss-reactive ketones (excluding diaryl/α,β-unsaturated/α-hetero) is 1. The second kappa shape index (κ2) is 12.9. The Morgan fingerprint density at radius 3 is 2.24 bits per heavy atom. The maximum Gasteiger partial charge on any atom is 0.337 e. The van der Waals surface area contributed by atoms with Crippen LogP contribution in [0.1, 0.15) is 36.6 Å². The molecule has 0 saturated heterocycles. The van der Waals surface area contributed by atoms with Gasteiger partial charge >= 0.3 is 5.69 Å². The van der Waals surface area contributed by atoms with E-state index < -0.39 is 46.5 Å². The molecule has 0 fully saturated rings. The Labute approximate surface area is 256 Å². The zero-order chi connectivity index (χ0) is 32.4. The predicted molar refractivity (Wildman–Crippen MR) is 164 cm³/mol. The highest BCUT2D eigenvalue weighted by molar-refractivity contribution is 5.81. The zero-order valence-electron chi connectivity index (χ0n) is 25.3. The van der Waals surface area contributed by atoms with Gasteiger partial charge in [0.1, 0.15) is 22.8 Å². The lowest BCUT2D eigenvalue weighted by Gasteiger charge is -2.15. The molecule has 3 aromatic carbocycles. The monoisotopic (exact) mass is 619 g/mol. The molecule has 9 nitrogen and oxygen atoms in total. The number of rotatable bonds is 11. The molecule has 0 aliphatic rings. The van der Waals surface area contributed by atoms with Gasteiger partial charge in [0.25, 0.3) is 5.56 Å². The van der Waals surface area contributed by atoms with Crippen molar-refractivity contribution < 1.29 is 22.7 Å². The van der Waals surface area contributed by atoms with Gasteiger partial charge in [-0.1, -0.05) is 31.2 Å². The van der Waals surface area contributed by atoms with Crippen LogP contribution in [0.15, 0.2) is 70.3 Å². The second-order valence-corrected chi connectivity index (χ2v) is 10.9. The number of aromatic nitrogens is 4. The third-order valence-corrected chi connectivity index (χ3v) is 7.42. The molecule has 0 radical (unpaired) electrons. The largest absolute Gasteiger partial charge is 0.494 e. The summed E-state index contributed by atoms with van der Waals surface area (Å²) in [6, 6.07) is 14.3. The summed E-state index contributed by atoms with van der Waals surface area (Å²) in [5.41, 5.74) is -1.19. The topological polar surface area (TPSA) is 91.4 Å². The molecule has 0 N–H and O–H groups in total. The first-order valence-corrected chi connectivity index (χ1v) is 14.3. The minimum absolute atomic E-state index is 0.0375. The van der Waals surface area contributed by atoms with E-state index in [-0.39, 0.29) is 35.5 Å². The Balaban J connectivity index is 1.83. The number of nitrogens with zero attached hydrogens (tertiary/aromatic N) is 5. The van der Waals surface area contributed by atoms with Crippen molar-refractivity contribution >= 4 is 16.8 Å². The van der Waals surface area contributed by atoms with Gasteiger partial charge in [-0.15, -0.1) is 5.10 Å². The molecule has 5 rings (SSSR count). The summed E-state index contributed by atoms with van der Waals surface area (Å²) in [4.78, 5) is 42.2. The number of hydrogen-bond acceptors (Lipinski definition) is 6. The van der Waals surface area contributed by atoms with Crippen LogP contribution in [0.5, 0.6) is 5.75 Å². The summed E-state index contributed by atoms with van der Waals surface area (Å²) >= 11 is 0. The molecule has 2 heterocycles. The van der Waals surface area contributed by atoms with Crippen molar-refractivity contribution in [2.24, 2.45) is 0 Å². The zero-order valence-corrected chi connectivity index (χ0v) is 25.3. The van der Waals surface area contributed by atoms with Gasteiger partial charge in [-0.3, -0.25) is 14.2 Å². The molecule has 0 aliphatic carbocycles.